The van der Waals surface area contributed by atoms with Crippen molar-refractivity contribution in [2.45, 2.75) is 37.8 Å². The van der Waals surface area contributed by atoms with Gasteiger partial charge in [-0.2, -0.15) is 0 Å². The van der Waals surface area contributed by atoms with Gasteiger partial charge in [0.25, 0.3) is 0 Å². The number of likely N-dealkylation sites (tertiary alicyclic amines) is 1. The van der Waals surface area contributed by atoms with E-state index in [4.69, 9.17) is 28.4 Å². The van der Waals surface area contributed by atoms with Crippen LogP contribution >= 0.6 is 0 Å². The zero-order valence-corrected chi connectivity index (χ0v) is 18.5. The SMILES string of the molecule is COc1cc(OC)c([C@H]2C[C@](C)(N3CCCC3)Oc3cc4c(cc32)OCO4)c(OC)c1. The number of benzene rings is 2. The second kappa shape index (κ2) is 7.71. The normalized spacial score (nSPS) is 24.5. The quantitative estimate of drug-likeness (QED) is 0.710. The van der Waals surface area contributed by atoms with Crippen LogP contribution in [0, 0.1) is 0 Å². The maximum absolute atomic E-state index is 6.66. The highest BCUT2D eigenvalue weighted by molar-refractivity contribution is 5.61. The van der Waals surface area contributed by atoms with Gasteiger partial charge in [-0.25, -0.2) is 0 Å². The lowest BCUT2D eigenvalue weighted by Gasteiger charge is -2.45. The molecule has 2 aromatic rings. The molecule has 7 heteroatoms. The number of hydrogen-bond donors (Lipinski definition) is 0. The van der Waals surface area contributed by atoms with Crippen molar-refractivity contribution in [2.75, 3.05) is 41.2 Å². The van der Waals surface area contributed by atoms with E-state index in [9.17, 15) is 0 Å². The minimum Gasteiger partial charge on any atom is -0.496 e. The lowest BCUT2D eigenvalue weighted by molar-refractivity contribution is -0.0769. The lowest BCUT2D eigenvalue weighted by Crippen LogP contribution is -2.52. The molecule has 0 saturated carbocycles. The second-order valence-corrected chi connectivity index (χ2v) is 8.42. The third kappa shape index (κ3) is 3.31. The molecule has 0 aliphatic carbocycles. The Morgan fingerprint density at radius 2 is 1.52 bits per heavy atom. The first kappa shape index (κ1) is 20.1. The largest absolute Gasteiger partial charge is 0.496 e. The van der Waals surface area contributed by atoms with Gasteiger partial charge in [0.15, 0.2) is 17.2 Å². The fraction of sp³-hybridized carbons (Fsp3) is 0.500. The second-order valence-electron chi connectivity index (χ2n) is 8.42. The molecule has 1 fully saturated rings. The Hall–Kier alpha value is -2.80. The average molecular weight is 427 g/mol. The predicted octanol–water partition coefficient (Wildman–Crippen LogP) is 4.17. The summed E-state index contributed by atoms with van der Waals surface area (Å²) in [5.74, 6) is 4.42. The molecule has 5 rings (SSSR count). The fourth-order valence-corrected chi connectivity index (χ4v) is 5.08. The van der Waals surface area contributed by atoms with E-state index in [1.807, 2.05) is 24.3 Å². The van der Waals surface area contributed by atoms with Crippen LogP contribution < -0.4 is 28.4 Å². The van der Waals surface area contributed by atoms with E-state index in [0.717, 1.165) is 59.4 Å². The van der Waals surface area contributed by atoms with E-state index >= 15 is 0 Å². The topological polar surface area (TPSA) is 58.6 Å². The van der Waals surface area contributed by atoms with Gasteiger partial charge in [-0.15, -0.1) is 0 Å². The van der Waals surface area contributed by atoms with Crippen molar-refractivity contribution in [3.63, 3.8) is 0 Å². The van der Waals surface area contributed by atoms with E-state index in [1.165, 1.54) is 12.8 Å². The maximum atomic E-state index is 6.66. The Balaban J connectivity index is 1.69. The van der Waals surface area contributed by atoms with Crippen LogP contribution in [0.25, 0.3) is 0 Å². The summed E-state index contributed by atoms with van der Waals surface area (Å²) < 4.78 is 35.1. The summed E-state index contributed by atoms with van der Waals surface area (Å²) in [6.45, 7) is 4.46. The van der Waals surface area contributed by atoms with E-state index < -0.39 is 5.72 Å². The van der Waals surface area contributed by atoms with Gasteiger partial charge in [0.1, 0.15) is 23.0 Å². The van der Waals surface area contributed by atoms with Crippen molar-refractivity contribution < 1.29 is 28.4 Å². The van der Waals surface area contributed by atoms with Gasteiger partial charge < -0.3 is 28.4 Å². The summed E-state index contributed by atoms with van der Waals surface area (Å²) in [5.41, 5.74) is 1.58. The highest BCUT2D eigenvalue weighted by atomic mass is 16.7. The number of rotatable bonds is 5. The Bertz CT molecular complexity index is 961. The molecule has 0 bridgehead atoms. The molecule has 166 valence electrons. The van der Waals surface area contributed by atoms with Gasteiger partial charge in [0.05, 0.1) is 21.3 Å². The van der Waals surface area contributed by atoms with Crippen LogP contribution in [0.2, 0.25) is 0 Å². The number of hydrogen-bond acceptors (Lipinski definition) is 7. The van der Waals surface area contributed by atoms with Crippen LogP contribution in [0.1, 0.15) is 43.2 Å². The summed E-state index contributed by atoms with van der Waals surface area (Å²) in [7, 11) is 5.00. The van der Waals surface area contributed by atoms with E-state index in [0.29, 0.717) is 5.75 Å². The number of methoxy groups -OCH3 is 3. The van der Waals surface area contributed by atoms with Gasteiger partial charge in [-0.3, -0.25) is 4.90 Å². The number of ether oxygens (including phenoxy) is 6. The average Bonchev–Trinajstić information content (AvgIpc) is 3.48. The van der Waals surface area contributed by atoms with Crippen LogP contribution in [0.15, 0.2) is 24.3 Å². The molecule has 0 radical (unpaired) electrons. The van der Waals surface area contributed by atoms with Crippen molar-refractivity contribution >= 4 is 0 Å². The first-order valence-electron chi connectivity index (χ1n) is 10.7. The first-order valence-corrected chi connectivity index (χ1v) is 10.7. The van der Waals surface area contributed by atoms with Gasteiger partial charge in [-0.05, 0) is 25.8 Å². The summed E-state index contributed by atoms with van der Waals surface area (Å²) in [4.78, 5) is 2.44. The van der Waals surface area contributed by atoms with E-state index in [-0.39, 0.29) is 12.7 Å². The first-order chi connectivity index (χ1) is 15.1. The van der Waals surface area contributed by atoms with Crippen molar-refractivity contribution in [3.8, 4) is 34.5 Å². The smallest absolute Gasteiger partial charge is 0.231 e. The predicted molar refractivity (Wildman–Crippen MR) is 115 cm³/mol. The van der Waals surface area contributed by atoms with Crippen molar-refractivity contribution in [1.82, 2.24) is 4.90 Å². The molecule has 2 atom stereocenters. The minimum atomic E-state index is -0.447. The summed E-state index contributed by atoms with van der Waals surface area (Å²) in [6, 6.07) is 7.82. The summed E-state index contributed by atoms with van der Waals surface area (Å²) in [5, 5.41) is 0. The Morgan fingerprint density at radius 3 is 2.13 bits per heavy atom. The molecule has 3 aliphatic heterocycles. The van der Waals surface area contributed by atoms with Crippen molar-refractivity contribution in [2.24, 2.45) is 0 Å². The van der Waals surface area contributed by atoms with Crippen LogP contribution in [-0.4, -0.2) is 51.8 Å². The van der Waals surface area contributed by atoms with Gasteiger partial charge in [0.2, 0.25) is 6.79 Å². The van der Waals surface area contributed by atoms with E-state index in [1.54, 1.807) is 21.3 Å². The van der Waals surface area contributed by atoms with Crippen molar-refractivity contribution in [1.29, 1.82) is 0 Å². The highest BCUT2D eigenvalue weighted by Crippen LogP contribution is 2.54. The minimum absolute atomic E-state index is 0.0142. The molecular formula is C24H29NO6. The standard InChI is InChI=1S/C24H29NO6/c1-24(25-7-5-6-8-25)13-17(16-11-19-20(30-14-29-19)12-18(16)31-24)23-21(27-3)9-15(26-2)10-22(23)28-4/h9-12,17H,5-8,13-14H2,1-4H3/t17-,24+/m0/s1. The summed E-state index contributed by atoms with van der Waals surface area (Å²) in [6.07, 6.45) is 3.14. The van der Waals surface area contributed by atoms with Gasteiger partial charge in [0, 0.05) is 54.8 Å². The Labute approximate surface area is 182 Å². The molecule has 31 heavy (non-hydrogen) atoms. The molecule has 2 aromatic carbocycles. The van der Waals surface area contributed by atoms with Gasteiger partial charge in [-0.1, -0.05) is 0 Å². The van der Waals surface area contributed by atoms with Crippen molar-refractivity contribution in [3.05, 3.63) is 35.4 Å². The number of nitrogens with zero attached hydrogens (tertiary/aromatic N) is 1. The molecule has 0 amide bonds. The van der Waals surface area contributed by atoms with Crippen LogP contribution in [0.4, 0.5) is 0 Å². The van der Waals surface area contributed by atoms with Gasteiger partial charge >= 0.3 is 0 Å². The van der Waals surface area contributed by atoms with Crippen LogP contribution in [0.5, 0.6) is 34.5 Å². The molecule has 0 unspecified atom stereocenters. The number of fused-ring (bicyclic) bond motifs is 2. The third-order valence-corrected chi connectivity index (χ3v) is 6.67. The zero-order valence-electron chi connectivity index (χ0n) is 18.5. The zero-order chi connectivity index (χ0) is 21.6. The lowest BCUT2D eigenvalue weighted by atomic mass is 9.80. The van der Waals surface area contributed by atoms with E-state index in [2.05, 4.69) is 11.8 Å². The molecule has 0 aromatic heterocycles. The van der Waals surface area contributed by atoms with Crippen LogP contribution in [-0.2, 0) is 0 Å². The molecular weight excluding hydrogens is 398 g/mol. The molecule has 3 aliphatic rings. The third-order valence-electron chi connectivity index (χ3n) is 6.67. The maximum Gasteiger partial charge on any atom is 0.231 e. The molecule has 0 spiro atoms. The Morgan fingerprint density at radius 1 is 0.871 bits per heavy atom. The molecule has 0 N–H and O–H groups in total. The molecule has 3 heterocycles. The molecule has 7 nitrogen and oxygen atoms in total. The highest BCUT2D eigenvalue weighted by Gasteiger charge is 2.45. The monoisotopic (exact) mass is 427 g/mol. The molecule has 1 saturated heterocycles. The summed E-state index contributed by atoms with van der Waals surface area (Å²) >= 11 is 0. The van der Waals surface area contributed by atoms with Crippen LogP contribution in [0.3, 0.4) is 0 Å². The Kier molecular flexibility index (Phi) is 5.01. The fourth-order valence-electron chi connectivity index (χ4n) is 5.08.